The van der Waals surface area contributed by atoms with Gasteiger partial charge in [-0.1, -0.05) is 51.1 Å². The number of benzene rings is 1. The molecule has 2 unspecified atom stereocenters. The first kappa shape index (κ1) is 19.0. The Kier molecular flexibility index (Phi) is 5.44. The van der Waals surface area contributed by atoms with Gasteiger partial charge in [0.15, 0.2) is 0 Å². The number of amides is 1. The number of thioether (sulfide) groups is 1. The van der Waals surface area contributed by atoms with Crippen LogP contribution in [-0.2, 0) is 21.4 Å². The Morgan fingerprint density at radius 1 is 1.19 bits per heavy atom. The van der Waals surface area contributed by atoms with E-state index in [0.717, 1.165) is 10.4 Å². The normalized spacial score (nSPS) is 20.3. The molecule has 3 rings (SSSR count). The molecule has 138 valence electrons. The van der Waals surface area contributed by atoms with Crippen molar-refractivity contribution in [2.24, 2.45) is 0 Å². The smallest absolute Gasteiger partial charge is 0.327 e. The number of nitrogens with zero attached hydrogens (tertiary/aromatic N) is 1. The van der Waals surface area contributed by atoms with E-state index in [1.807, 2.05) is 29.6 Å². The van der Waals surface area contributed by atoms with Gasteiger partial charge in [0.2, 0.25) is 5.91 Å². The summed E-state index contributed by atoms with van der Waals surface area (Å²) in [5.74, 6) is -0.655. The van der Waals surface area contributed by atoms with E-state index in [4.69, 9.17) is 0 Å². The number of thiophene rings is 1. The zero-order valence-electron chi connectivity index (χ0n) is 15.1. The minimum atomic E-state index is -0.939. The molecule has 2 aromatic rings. The minimum Gasteiger partial charge on any atom is -0.480 e. The summed E-state index contributed by atoms with van der Waals surface area (Å²) in [7, 11) is 0. The highest BCUT2D eigenvalue weighted by atomic mass is 32.2. The predicted molar refractivity (Wildman–Crippen MR) is 107 cm³/mol. The second-order valence-corrected chi connectivity index (χ2v) is 9.61. The van der Waals surface area contributed by atoms with Crippen molar-refractivity contribution < 1.29 is 14.7 Å². The number of carboxylic acids is 1. The summed E-state index contributed by atoms with van der Waals surface area (Å²) in [5, 5.41) is 11.2. The molecule has 26 heavy (non-hydrogen) atoms. The molecule has 0 spiro atoms. The maximum absolute atomic E-state index is 12.9. The molecule has 6 heteroatoms. The average molecular weight is 390 g/mol. The van der Waals surface area contributed by atoms with Crippen LogP contribution < -0.4 is 0 Å². The Morgan fingerprint density at radius 2 is 1.88 bits per heavy atom. The molecule has 0 saturated carbocycles. The number of carbonyl (C=O) groups excluding carboxylic acids is 1. The monoisotopic (exact) mass is 389 g/mol. The summed E-state index contributed by atoms with van der Waals surface area (Å²) in [4.78, 5) is 27.1. The van der Waals surface area contributed by atoms with Crippen LogP contribution in [0.3, 0.4) is 0 Å². The van der Waals surface area contributed by atoms with Gasteiger partial charge >= 0.3 is 5.97 Å². The van der Waals surface area contributed by atoms with Gasteiger partial charge in [-0.2, -0.15) is 0 Å². The molecule has 1 aliphatic rings. The summed E-state index contributed by atoms with van der Waals surface area (Å²) in [6.45, 7) is 6.47. The Labute approximate surface area is 162 Å². The van der Waals surface area contributed by atoms with Crippen molar-refractivity contribution in [2.75, 3.05) is 5.75 Å². The fourth-order valence-corrected chi connectivity index (χ4v) is 5.20. The van der Waals surface area contributed by atoms with Crippen LogP contribution in [0.2, 0.25) is 0 Å². The molecular formula is C20H23NO3S2. The molecule has 0 bridgehead atoms. The molecule has 1 saturated heterocycles. The number of carbonyl (C=O) groups is 2. The van der Waals surface area contributed by atoms with Gasteiger partial charge in [0.1, 0.15) is 11.4 Å². The topological polar surface area (TPSA) is 57.6 Å². The summed E-state index contributed by atoms with van der Waals surface area (Å²) < 4.78 is 0. The van der Waals surface area contributed by atoms with Crippen LogP contribution in [0.1, 0.15) is 42.1 Å². The number of aliphatic carboxylic acids is 1. The molecular weight excluding hydrogens is 366 g/mol. The molecule has 0 radical (unpaired) electrons. The third-order valence-electron chi connectivity index (χ3n) is 4.54. The lowest BCUT2D eigenvalue weighted by Crippen LogP contribution is -2.43. The lowest BCUT2D eigenvalue weighted by Gasteiger charge is -2.28. The van der Waals surface area contributed by atoms with E-state index in [9.17, 15) is 14.7 Å². The Balaban J connectivity index is 1.87. The van der Waals surface area contributed by atoms with E-state index < -0.39 is 12.0 Å². The average Bonchev–Trinajstić information content (AvgIpc) is 3.23. The molecule has 1 fully saturated rings. The molecule has 2 atom stereocenters. The SMILES string of the molecule is CC(C)(C)c1ccc(C2SCC(C(=O)O)N2C(=O)Cc2cccs2)cc1. The highest BCUT2D eigenvalue weighted by molar-refractivity contribution is 7.99. The van der Waals surface area contributed by atoms with Crippen LogP contribution >= 0.6 is 23.1 Å². The quantitative estimate of drug-likeness (QED) is 0.846. The van der Waals surface area contributed by atoms with Crippen LogP contribution in [0.15, 0.2) is 41.8 Å². The first-order valence-corrected chi connectivity index (χ1v) is 10.5. The van der Waals surface area contributed by atoms with Crippen LogP contribution in [0, 0.1) is 0 Å². The van der Waals surface area contributed by atoms with E-state index in [1.54, 1.807) is 4.90 Å². The van der Waals surface area contributed by atoms with Gasteiger partial charge in [0.05, 0.1) is 6.42 Å². The molecule has 1 N–H and O–H groups in total. The summed E-state index contributed by atoms with van der Waals surface area (Å²) in [5.41, 5.74) is 2.25. The second-order valence-electron chi connectivity index (χ2n) is 7.47. The zero-order chi connectivity index (χ0) is 18.9. The van der Waals surface area contributed by atoms with Crippen molar-refractivity contribution in [1.82, 2.24) is 4.90 Å². The van der Waals surface area contributed by atoms with E-state index in [-0.39, 0.29) is 23.1 Å². The Bertz CT molecular complexity index is 778. The van der Waals surface area contributed by atoms with Gasteiger partial charge in [-0.3, -0.25) is 4.79 Å². The van der Waals surface area contributed by atoms with Crippen molar-refractivity contribution in [2.45, 2.75) is 44.0 Å². The van der Waals surface area contributed by atoms with E-state index in [1.165, 1.54) is 28.7 Å². The fourth-order valence-electron chi connectivity index (χ4n) is 3.06. The van der Waals surface area contributed by atoms with Crippen molar-refractivity contribution in [3.8, 4) is 0 Å². The second kappa shape index (κ2) is 7.45. The van der Waals surface area contributed by atoms with E-state index in [2.05, 4.69) is 32.9 Å². The first-order chi connectivity index (χ1) is 12.3. The molecule has 0 aliphatic carbocycles. The van der Waals surface area contributed by atoms with Crippen LogP contribution in [0.5, 0.6) is 0 Å². The standard InChI is InChI=1S/C20H23NO3S2/c1-20(2,3)14-8-6-13(7-9-14)18-21(16(12-26-18)19(23)24)17(22)11-15-5-4-10-25-15/h4-10,16,18H,11-12H2,1-3H3,(H,23,24). The first-order valence-electron chi connectivity index (χ1n) is 8.56. The maximum Gasteiger partial charge on any atom is 0.327 e. The van der Waals surface area contributed by atoms with Crippen molar-refractivity contribution in [3.63, 3.8) is 0 Å². The van der Waals surface area contributed by atoms with Crippen LogP contribution in [-0.4, -0.2) is 33.7 Å². The highest BCUT2D eigenvalue weighted by Gasteiger charge is 2.42. The molecule has 4 nitrogen and oxygen atoms in total. The Hall–Kier alpha value is -1.79. The van der Waals surface area contributed by atoms with Gasteiger partial charge in [-0.05, 0) is 28.0 Å². The number of hydrogen-bond acceptors (Lipinski definition) is 4. The summed E-state index contributed by atoms with van der Waals surface area (Å²) in [6, 6.07) is 11.2. The molecule has 1 aromatic heterocycles. The molecule has 1 aromatic carbocycles. The van der Waals surface area contributed by atoms with Crippen molar-refractivity contribution in [3.05, 3.63) is 57.8 Å². The Morgan fingerprint density at radius 3 is 2.42 bits per heavy atom. The number of rotatable bonds is 4. The van der Waals surface area contributed by atoms with Gasteiger partial charge in [0.25, 0.3) is 0 Å². The van der Waals surface area contributed by atoms with Gasteiger partial charge < -0.3 is 10.0 Å². The molecule has 2 heterocycles. The lowest BCUT2D eigenvalue weighted by molar-refractivity contribution is -0.148. The van der Waals surface area contributed by atoms with E-state index >= 15 is 0 Å². The number of carboxylic acid groups (broad SMARTS) is 1. The fraction of sp³-hybridized carbons (Fsp3) is 0.400. The predicted octanol–water partition coefficient (Wildman–Crippen LogP) is 4.32. The summed E-state index contributed by atoms with van der Waals surface area (Å²) >= 11 is 3.04. The number of hydrogen-bond donors (Lipinski definition) is 1. The maximum atomic E-state index is 12.9. The van der Waals surface area contributed by atoms with E-state index in [0.29, 0.717) is 5.75 Å². The third-order valence-corrected chi connectivity index (χ3v) is 6.74. The highest BCUT2D eigenvalue weighted by Crippen LogP contribution is 2.42. The zero-order valence-corrected chi connectivity index (χ0v) is 16.8. The van der Waals surface area contributed by atoms with Gasteiger partial charge in [-0.25, -0.2) is 4.79 Å². The summed E-state index contributed by atoms with van der Waals surface area (Å²) in [6.07, 6.45) is 0.249. The van der Waals surface area contributed by atoms with Gasteiger partial charge in [-0.15, -0.1) is 23.1 Å². The lowest BCUT2D eigenvalue weighted by atomic mass is 9.86. The van der Waals surface area contributed by atoms with Crippen LogP contribution in [0.25, 0.3) is 0 Å². The molecule has 1 amide bonds. The minimum absolute atomic E-state index is 0.0552. The third kappa shape index (κ3) is 3.96. The van der Waals surface area contributed by atoms with Crippen LogP contribution in [0.4, 0.5) is 0 Å². The molecule has 1 aliphatic heterocycles. The van der Waals surface area contributed by atoms with Crippen molar-refractivity contribution >= 4 is 35.0 Å². The van der Waals surface area contributed by atoms with Crippen molar-refractivity contribution in [1.29, 1.82) is 0 Å². The van der Waals surface area contributed by atoms with Gasteiger partial charge in [0, 0.05) is 10.6 Å². The largest absolute Gasteiger partial charge is 0.480 e.